The van der Waals surface area contributed by atoms with E-state index in [0.29, 0.717) is 5.22 Å². The number of hydrogen-bond acceptors (Lipinski definition) is 2. The van der Waals surface area contributed by atoms with E-state index in [2.05, 4.69) is 26.2 Å². The fourth-order valence-corrected chi connectivity index (χ4v) is 2.98. The minimum Gasteiger partial charge on any atom is -0.359 e. The first-order chi connectivity index (χ1) is 11.1. The highest BCUT2D eigenvalue weighted by atomic mass is 16.1. The highest BCUT2D eigenvalue weighted by Crippen LogP contribution is 2.28. The molecule has 3 aromatic rings. The summed E-state index contributed by atoms with van der Waals surface area (Å²) < 4.78 is 0. The van der Waals surface area contributed by atoms with Crippen molar-refractivity contribution in [3.05, 3.63) is 73.8 Å². The molecular formula is C18H16N4O. The van der Waals surface area contributed by atoms with E-state index < -0.39 is 0 Å². The first-order valence-corrected chi connectivity index (χ1v) is 7.46. The van der Waals surface area contributed by atoms with Crippen molar-refractivity contribution in [1.29, 1.82) is 0 Å². The van der Waals surface area contributed by atoms with Crippen molar-refractivity contribution in [1.82, 2.24) is 15.2 Å². The van der Waals surface area contributed by atoms with Crippen LogP contribution in [0, 0.1) is 13.8 Å². The van der Waals surface area contributed by atoms with Crippen molar-refractivity contribution in [3.8, 4) is 0 Å². The van der Waals surface area contributed by atoms with E-state index >= 15 is 0 Å². The highest BCUT2D eigenvalue weighted by molar-refractivity contribution is 6.15. The predicted octanol–water partition coefficient (Wildman–Crippen LogP) is 1.39. The number of aromatic amines is 3. The van der Waals surface area contributed by atoms with Crippen LogP contribution in [0.5, 0.6) is 0 Å². The molecule has 0 atom stereocenters. The third kappa shape index (κ3) is 2.17. The van der Waals surface area contributed by atoms with E-state index in [0.717, 1.165) is 39.1 Å². The van der Waals surface area contributed by atoms with Gasteiger partial charge in [0.05, 0.1) is 16.3 Å². The molecular weight excluding hydrogens is 288 g/mol. The summed E-state index contributed by atoms with van der Waals surface area (Å²) in [7, 11) is 0. The normalized spacial score (nSPS) is 16.2. The summed E-state index contributed by atoms with van der Waals surface area (Å²) in [5.74, 6) is 0. The van der Waals surface area contributed by atoms with E-state index in [1.165, 1.54) is 0 Å². The molecule has 3 N–H and O–H groups in total. The number of hydrogen-bond donors (Lipinski definition) is 3. The number of aromatic nitrogens is 3. The van der Waals surface area contributed by atoms with Crippen LogP contribution in [0.15, 0.2) is 40.1 Å². The van der Waals surface area contributed by atoms with Crippen molar-refractivity contribution in [2.45, 2.75) is 13.8 Å². The fourth-order valence-electron chi connectivity index (χ4n) is 2.98. The highest BCUT2D eigenvalue weighted by Gasteiger charge is 2.14. The predicted molar refractivity (Wildman–Crippen MR) is 91.6 cm³/mol. The Morgan fingerprint density at radius 1 is 1.13 bits per heavy atom. The van der Waals surface area contributed by atoms with Gasteiger partial charge in [0.2, 0.25) is 0 Å². The molecule has 0 aliphatic carbocycles. The van der Waals surface area contributed by atoms with E-state index in [-0.39, 0.29) is 5.56 Å². The number of fused-ring (bicyclic) bond motifs is 1. The maximum absolute atomic E-state index is 12.2. The fraction of sp³-hybridized carbons (Fsp3) is 0.111. The number of H-pyrrole nitrogens is 3. The second-order valence-electron chi connectivity index (χ2n) is 5.75. The van der Waals surface area contributed by atoms with Gasteiger partial charge in [-0.05, 0) is 37.6 Å². The summed E-state index contributed by atoms with van der Waals surface area (Å²) in [5, 5.41) is 7.04. The Bertz CT molecular complexity index is 1110. The van der Waals surface area contributed by atoms with Gasteiger partial charge in [-0.1, -0.05) is 18.2 Å². The Labute approximate surface area is 132 Å². The van der Waals surface area contributed by atoms with E-state index in [1.807, 2.05) is 44.2 Å². The first-order valence-electron chi connectivity index (χ1n) is 7.46. The molecule has 0 radical (unpaired) electrons. The summed E-state index contributed by atoms with van der Waals surface area (Å²) in [5.41, 5.74) is 5.85. The lowest BCUT2D eigenvalue weighted by molar-refractivity contribution is 1.03. The zero-order valence-corrected chi connectivity index (χ0v) is 12.9. The molecule has 0 saturated heterocycles. The number of nitrogens with one attached hydrogen (secondary N) is 3. The lowest BCUT2D eigenvalue weighted by Gasteiger charge is -1.97. The number of benzene rings is 1. The zero-order valence-electron chi connectivity index (χ0n) is 12.9. The van der Waals surface area contributed by atoms with Gasteiger partial charge in [-0.2, -0.15) is 0 Å². The van der Waals surface area contributed by atoms with Crippen LogP contribution < -0.4 is 16.1 Å². The van der Waals surface area contributed by atoms with Gasteiger partial charge < -0.3 is 4.98 Å². The lowest BCUT2D eigenvalue weighted by Crippen LogP contribution is -2.35. The molecule has 0 spiro atoms. The zero-order chi connectivity index (χ0) is 16.0. The molecule has 0 bridgehead atoms. The van der Waals surface area contributed by atoms with Gasteiger partial charge in [-0.15, -0.1) is 0 Å². The summed E-state index contributed by atoms with van der Waals surface area (Å²) >= 11 is 0. The number of aryl methyl sites for hydroxylation is 2. The van der Waals surface area contributed by atoms with Crippen molar-refractivity contribution in [2.24, 2.45) is 4.99 Å². The molecule has 1 aromatic carbocycles. The smallest absolute Gasteiger partial charge is 0.271 e. The Morgan fingerprint density at radius 2 is 1.96 bits per heavy atom. The SMILES string of the molecule is Cc1cc(C)c(/C=c2/c(=O)[nH][nH]c2=C2C=Nc3ccccc32)[nH]1. The molecule has 0 unspecified atom stereocenters. The number of para-hydroxylation sites is 1. The van der Waals surface area contributed by atoms with Gasteiger partial charge >= 0.3 is 0 Å². The van der Waals surface area contributed by atoms with Gasteiger partial charge in [0, 0.05) is 28.7 Å². The monoisotopic (exact) mass is 304 g/mol. The first kappa shape index (κ1) is 13.6. The molecule has 23 heavy (non-hydrogen) atoms. The topological polar surface area (TPSA) is 76.8 Å². The van der Waals surface area contributed by atoms with Crippen LogP contribution in [-0.2, 0) is 0 Å². The Balaban J connectivity index is 2.05. The molecule has 0 fully saturated rings. The second kappa shape index (κ2) is 4.98. The summed E-state index contributed by atoms with van der Waals surface area (Å²) in [4.78, 5) is 19.9. The molecule has 4 rings (SSSR count). The lowest BCUT2D eigenvalue weighted by atomic mass is 10.1. The van der Waals surface area contributed by atoms with Gasteiger partial charge in [0.15, 0.2) is 0 Å². The molecule has 1 aliphatic rings. The van der Waals surface area contributed by atoms with Crippen molar-refractivity contribution < 1.29 is 0 Å². The molecule has 0 amide bonds. The minimum atomic E-state index is -0.142. The average molecular weight is 304 g/mol. The van der Waals surface area contributed by atoms with Crippen LogP contribution in [0.2, 0.25) is 0 Å². The summed E-state index contributed by atoms with van der Waals surface area (Å²) in [6.45, 7) is 4.02. The number of nitrogens with zero attached hydrogens (tertiary/aromatic N) is 1. The summed E-state index contributed by atoms with van der Waals surface area (Å²) in [6.07, 6.45) is 3.68. The molecule has 114 valence electrons. The van der Waals surface area contributed by atoms with Gasteiger partial charge in [-0.25, -0.2) is 0 Å². The maximum atomic E-state index is 12.2. The van der Waals surface area contributed by atoms with Crippen LogP contribution in [-0.4, -0.2) is 21.4 Å². The van der Waals surface area contributed by atoms with E-state index in [9.17, 15) is 4.79 Å². The number of aliphatic imine (C=N–C) groups is 1. The van der Waals surface area contributed by atoms with Crippen LogP contribution in [0.1, 0.15) is 22.5 Å². The largest absolute Gasteiger partial charge is 0.359 e. The Morgan fingerprint density at radius 3 is 2.74 bits per heavy atom. The molecule has 5 nitrogen and oxygen atoms in total. The van der Waals surface area contributed by atoms with Crippen LogP contribution in [0.25, 0.3) is 11.6 Å². The van der Waals surface area contributed by atoms with Gasteiger partial charge in [0.25, 0.3) is 5.56 Å². The van der Waals surface area contributed by atoms with Crippen LogP contribution in [0.4, 0.5) is 5.69 Å². The van der Waals surface area contributed by atoms with Crippen molar-refractivity contribution >= 4 is 23.6 Å². The summed E-state index contributed by atoms with van der Waals surface area (Å²) in [6, 6.07) is 9.96. The maximum Gasteiger partial charge on any atom is 0.271 e. The Kier molecular flexibility index (Phi) is 2.94. The van der Waals surface area contributed by atoms with Gasteiger partial charge in [0.1, 0.15) is 0 Å². The van der Waals surface area contributed by atoms with Crippen LogP contribution >= 0.6 is 0 Å². The quantitative estimate of drug-likeness (QED) is 0.624. The third-order valence-electron chi connectivity index (χ3n) is 4.09. The Hall–Kier alpha value is -3.08. The average Bonchev–Trinajstić information content (AvgIpc) is 3.19. The molecule has 3 heterocycles. The molecule has 0 saturated carbocycles. The van der Waals surface area contributed by atoms with E-state index in [1.54, 1.807) is 6.21 Å². The molecule has 5 heteroatoms. The third-order valence-corrected chi connectivity index (χ3v) is 4.09. The van der Waals surface area contributed by atoms with Crippen molar-refractivity contribution in [2.75, 3.05) is 0 Å². The van der Waals surface area contributed by atoms with Gasteiger partial charge in [-0.3, -0.25) is 20.0 Å². The molecule has 2 aromatic heterocycles. The number of rotatable bonds is 1. The van der Waals surface area contributed by atoms with Crippen molar-refractivity contribution in [3.63, 3.8) is 0 Å². The standard InChI is InChI=1S/C18H16N4O/c1-10-7-11(2)20-16(10)8-13-17(21-22-18(13)23)14-9-19-15-6-4-3-5-12(14)15/h3-9,20-21H,1-2H3,(H,22,23)/b13-8+,17-14?. The molecule has 1 aliphatic heterocycles. The second-order valence-corrected chi connectivity index (χ2v) is 5.75. The minimum absolute atomic E-state index is 0.142. The van der Waals surface area contributed by atoms with E-state index in [4.69, 9.17) is 0 Å². The van der Waals surface area contributed by atoms with Crippen LogP contribution in [0.3, 0.4) is 0 Å².